The van der Waals surface area contributed by atoms with Gasteiger partial charge in [-0.2, -0.15) is 5.26 Å². The van der Waals surface area contributed by atoms with Crippen molar-refractivity contribution in [2.75, 3.05) is 5.75 Å². The zero-order valence-corrected chi connectivity index (χ0v) is 17.2. The predicted molar refractivity (Wildman–Crippen MR) is 110 cm³/mol. The van der Waals surface area contributed by atoms with Crippen LogP contribution in [0.4, 0.5) is 0 Å². The van der Waals surface area contributed by atoms with E-state index in [0.29, 0.717) is 16.3 Å². The molecule has 0 amide bonds. The number of aryl methyl sites for hydroxylation is 3. The number of hydrogen-bond acceptors (Lipinski definition) is 5. The summed E-state index contributed by atoms with van der Waals surface area (Å²) in [5, 5.41) is 10.4. The van der Waals surface area contributed by atoms with E-state index in [4.69, 9.17) is 10.2 Å². The maximum absolute atomic E-state index is 13.4. The highest BCUT2D eigenvalue weighted by atomic mass is 32.2. The molecular weight excluding hydrogens is 362 g/mol. The van der Waals surface area contributed by atoms with Gasteiger partial charge in [-0.15, -0.1) is 11.3 Å². The van der Waals surface area contributed by atoms with Crippen molar-refractivity contribution in [2.45, 2.75) is 39.8 Å². The minimum atomic E-state index is -0.105. The average molecular weight is 384 g/mol. The Labute approximate surface area is 161 Å². The van der Waals surface area contributed by atoms with Crippen LogP contribution in [0.15, 0.2) is 28.2 Å². The van der Waals surface area contributed by atoms with Crippen LogP contribution in [0.3, 0.4) is 0 Å². The van der Waals surface area contributed by atoms with Crippen LogP contribution in [0, 0.1) is 44.9 Å². The maximum atomic E-state index is 13.4. The molecule has 6 heteroatoms. The molecule has 3 rings (SSSR count). The third kappa shape index (κ3) is 3.17. The van der Waals surface area contributed by atoms with Gasteiger partial charge < -0.3 is 0 Å². The zero-order chi connectivity index (χ0) is 19.0. The van der Waals surface area contributed by atoms with Crippen LogP contribution in [-0.2, 0) is 0 Å². The van der Waals surface area contributed by atoms with Gasteiger partial charge in [0.1, 0.15) is 4.83 Å². The normalized spacial score (nSPS) is 12.3. The molecule has 0 radical (unpaired) electrons. The molecule has 3 aromatic rings. The Bertz CT molecular complexity index is 1090. The van der Waals surface area contributed by atoms with Gasteiger partial charge in [-0.1, -0.05) is 23.9 Å². The van der Waals surface area contributed by atoms with Gasteiger partial charge >= 0.3 is 0 Å². The van der Waals surface area contributed by atoms with E-state index in [-0.39, 0.29) is 11.5 Å². The molecule has 0 aliphatic rings. The van der Waals surface area contributed by atoms with Crippen molar-refractivity contribution in [3.8, 4) is 11.8 Å². The van der Waals surface area contributed by atoms with Crippen LogP contribution >= 0.6 is 23.1 Å². The van der Waals surface area contributed by atoms with E-state index in [0.717, 1.165) is 32.1 Å². The predicted octanol–water partition coefficient (Wildman–Crippen LogP) is 4.93. The Hall–Kier alpha value is -2.10. The second-order valence-corrected chi connectivity index (χ2v) is 8.75. The molecule has 0 aliphatic carbocycles. The molecule has 26 heavy (non-hydrogen) atoms. The van der Waals surface area contributed by atoms with Gasteiger partial charge in [-0.25, -0.2) is 4.98 Å². The van der Waals surface area contributed by atoms with Gasteiger partial charge in [-0.3, -0.25) is 9.36 Å². The van der Waals surface area contributed by atoms with Gasteiger partial charge in [0.15, 0.2) is 5.16 Å². The van der Waals surface area contributed by atoms with Crippen LogP contribution in [0.5, 0.6) is 0 Å². The first kappa shape index (κ1) is 18.7. The zero-order valence-electron chi connectivity index (χ0n) is 15.6. The number of rotatable bonds is 4. The van der Waals surface area contributed by atoms with Crippen molar-refractivity contribution in [2.24, 2.45) is 5.92 Å². The molecule has 1 atom stereocenters. The summed E-state index contributed by atoms with van der Waals surface area (Å²) >= 11 is 3.02. The molecule has 1 aromatic carbocycles. The second-order valence-electron chi connectivity index (χ2n) is 6.56. The SMILES string of the molecule is Cc1cccc(-n2c(SC[C@H](C)C#N)nc3sc(C)c(C)c3c2=O)c1C. The fourth-order valence-corrected chi connectivity index (χ4v) is 4.82. The molecule has 0 unspecified atom stereocenters. The number of nitriles is 1. The van der Waals surface area contributed by atoms with Gasteiger partial charge in [0.25, 0.3) is 5.56 Å². The monoisotopic (exact) mass is 383 g/mol. The average Bonchev–Trinajstić information content (AvgIpc) is 2.90. The molecule has 4 nitrogen and oxygen atoms in total. The second kappa shape index (κ2) is 7.26. The highest BCUT2D eigenvalue weighted by Crippen LogP contribution is 2.31. The summed E-state index contributed by atoms with van der Waals surface area (Å²) in [7, 11) is 0. The Morgan fingerprint density at radius 2 is 2.00 bits per heavy atom. The molecule has 0 saturated carbocycles. The van der Waals surface area contributed by atoms with Gasteiger partial charge in [0.2, 0.25) is 0 Å². The Morgan fingerprint density at radius 3 is 2.69 bits per heavy atom. The van der Waals surface area contributed by atoms with E-state index in [1.54, 1.807) is 15.9 Å². The summed E-state index contributed by atoms with van der Waals surface area (Å²) in [5.41, 5.74) is 4.03. The van der Waals surface area contributed by atoms with Crippen molar-refractivity contribution in [1.29, 1.82) is 5.26 Å². The molecule has 0 N–H and O–H groups in total. The topological polar surface area (TPSA) is 58.7 Å². The van der Waals surface area contributed by atoms with Crippen LogP contribution in [0.1, 0.15) is 28.5 Å². The molecule has 134 valence electrons. The Morgan fingerprint density at radius 1 is 1.27 bits per heavy atom. The molecular formula is C20H21N3OS2. The maximum Gasteiger partial charge on any atom is 0.267 e. The van der Waals surface area contributed by atoms with Crippen LogP contribution < -0.4 is 5.56 Å². The van der Waals surface area contributed by atoms with Crippen LogP contribution in [0.2, 0.25) is 0 Å². The summed E-state index contributed by atoms with van der Waals surface area (Å²) in [4.78, 5) is 20.1. The van der Waals surface area contributed by atoms with Crippen molar-refractivity contribution in [3.63, 3.8) is 0 Å². The van der Waals surface area contributed by atoms with E-state index < -0.39 is 0 Å². The van der Waals surface area contributed by atoms with Crippen LogP contribution in [-0.4, -0.2) is 15.3 Å². The van der Waals surface area contributed by atoms with Crippen molar-refractivity contribution in [1.82, 2.24) is 9.55 Å². The number of nitrogens with zero attached hydrogens (tertiary/aromatic N) is 3. The third-order valence-electron chi connectivity index (χ3n) is 4.67. The first-order valence-corrected chi connectivity index (χ1v) is 10.3. The third-order valence-corrected chi connectivity index (χ3v) is 6.97. The highest BCUT2D eigenvalue weighted by molar-refractivity contribution is 7.99. The summed E-state index contributed by atoms with van der Waals surface area (Å²) in [6, 6.07) is 8.22. The number of thiophene rings is 1. The number of benzene rings is 1. The van der Waals surface area contributed by atoms with Gasteiger partial charge in [0.05, 0.1) is 23.1 Å². The first-order chi connectivity index (χ1) is 12.3. The molecule has 2 aromatic heterocycles. The molecule has 2 heterocycles. The number of aromatic nitrogens is 2. The molecule has 0 saturated heterocycles. The minimum absolute atomic E-state index is 0.0299. The lowest BCUT2D eigenvalue weighted by Crippen LogP contribution is -2.23. The Balaban J connectivity index is 2.32. The van der Waals surface area contributed by atoms with E-state index in [1.165, 1.54) is 11.8 Å². The summed E-state index contributed by atoms with van der Waals surface area (Å²) in [6.45, 7) is 9.95. The lowest BCUT2D eigenvalue weighted by molar-refractivity contribution is 0.804. The van der Waals surface area contributed by atoms with Crippen LogP contribution in [0.25, 0.3) is 15.9 Å². The first-order valence-electron chi connectivity index (χ1n) is 8.47. The smallest absolute Gasteiger partial charge is 0.267 e. The van der Waals surface area contributed by atoms with E-state index in [9.17, 15) is 4.79 Å². The summed E-state index contributed by atoms with van der Waals surface area (Å²) in [5.74, 6) is 0.495. The van der Waals surface area contributed by atoms with Gasteiger partial charge in [0, 0.05) is 10.6 Å². The fourth-order valence-electron chi connectivity index (χ4n) is 2.80. The number of fused-ring (bicyclic) bond motifs is 1. The highest BCUT2D eigenvalue weighted by Gasteiger charge is 2.19. The van der Waals surface area contributed by atoms with E-state index >= 15 is 0 Å². The lowest BCUT2D eigenvalue weighted by Gasteiger charge is -2.16. The van der Waals surface area contributed by atoms with Gasteiger partial charge in [-0.05, 0) is 57.4 Å². The standard InChI is InChI=1S/C20H21N3OS2/c1-11(9-21)10-25-20-22-18-17(14(4)15(5)26-18)19(24)23(20)16-8-6-7-12(2)13(16)3/h6-8,11H,10H2,1-5H3/t11-/m1/s1. The largest absolute Gasteiger partial charge is 0.268 e. The van der Waals surface area contributed by atoms with Crippen molar-refractivity contribution >= 4 is 33.3 Å². The number of hydrogen-bond donors (Lipinski definition) is 0. The lowest BCUT2D eigenvalue weighted by atomic mass is 10.1. The fraction of sp³-hybridized carbons (Fsp3) is 0.350. The molecule has 0 spiro atoms. The molecule has 0 bridgehead atoms. The molecule has 0 fully saturated rings. The van der Waals surface area contributed by atoms with Crippen molar-refractivity contribution < 1.29 is 0 Å². The Kier molecular flexibility index (Phi) is 5.22. The summed E-state index contributed by atoms with van der Waals surface area (Å²) < 4.78 is 1.72. The van der Waals surface area contributed by atoms with E-state index in [2.05, 4.69) is 6.07 Å². The number of thioether (sulfide) groups is 1. The van der Waals surface area contributed by atoms with E-state index in [1.807, 2.05) is 52.8 Å². The minimum Gasteiger partial charge on any atom is -0.268 e. The van der Waals surface area contributed by atoms with Crippen molar-refractivity contribution in [3.05, 3.63) is 50.1 Å². The summed E-state index contributed by atoms with van der Waals surface area (Å²) in [6.07, 6.45) is 0. The quantitative estimate of drug-likeness (QED) is 0.473. The molecule has 0 aliphatic heterocycles.